The van der Waals surface area contributed by atoms with Crippen LogP contribution in [0.2, 0.25) is 0 Å². The summed E-state index contributed by atoms with van der Waals surface area (Å²) in [4.78, 5) is 0. The number of piperidine rings is 1. The molecule has 0 aliphatic carbocycles. The van der Waals surface area contributed by atoms with Gasteiger partial charge in [0.15, 0.2) is 0 Å². The third-order valence-corrected chi connectivity index (χ3v) is 4.80. The maximum atomic E-state index is 4.78. The van der Waals surface area contributed by atoms with Gasteiger partial charge in [0.2, 0.25) is 0 Å². The van der Waals surface area contributed by atoms with Crippen LogP contribution in [0.25, 0.3) is 5.69 Å². The summed E-state index contributed by atoms with van der Waals surface area (Å²) < 4.78 is 3.16. The fourth-order valence-corrected chi connectivity index (χ4v) is 3.65. The van der Waals surface area contributed by atoms with Crippen LogP contribution in [0, 0.1) is 13.8 Å². The third kappa shape index (κ3) is 2.42. The summed E-state index contributed by atoms with van der Waals surface area (Å²) in [5.41, 5.74) is 4.96. The topological polar surface area (TPSA) is 29.9 Å². The van der Waals surface area contributed by atoms with Crippen molar-refractivity contribution in [2.24, 2.45) is 0 Å². The SMILES string of the molecule is Cc1nn(-c2ccccc2Br)c(C)c1C1CCCNC1. The number of halogens is 1. The third-order valence-electron chi connectivity index (χ3n) is 4.13. The smallest absolute Gasteiger partial charge is 0.0790 e. The number of nitrogens with zero attached hydrogens (tertiary/aromatic N) is 2. The number of hydrogen-bond acceptors (Lipinski definition) is 2. The van der Waals surface area contributed by atoms with Crippen LogP contribution in [0.5, 0.6) is 0 Å². The van der Waals surface area contributed by atoms with E-state index in [4.69, 9.17) is 5.10 Å². The lowest BCUT2D eigenvalue weighted by Crippen LogP contribution is -2.28. The molecule has 1 N–H and O–H groups in total. The molecule has 0 spiro atoms. The van der Waals surface area contributed by atoms with Crippen molar-refractivity contribution in [3.8, 4) is 5.69 Å². The van der Waals surface area contributed by atoms with Gasteiger partial charge in [0.1, 0.15) is 0 Å². The molecule has 20 heavy (non-hydrogen) atoms. The Kier molecular flexibility index (Phi) is 3.94. The van der Waals surface area contributed by atoms with Crippen LogP contribution in [0.1, 0.15) is 35.7 Å². The van der Waals surface area contributed by atoms with Crippen molar-refractivity contribution in [1.29, 1.82) is 0 Å². The van der Waals surface area contributed by atoms with Gasteiger partial charge in [0, 0.05) is 28.2 Å². The highest BCUT2D eigenvalue weighted by molar-refractivity contribution is 9.10. The largest absolute Gasteiger partial charge is 0.316 e. The lowest BCUT2D eigenvalue weighted by Gasteiger charge is -2.23. The molecule has 2 aromatic rings. The van der Waals surface area contributed by atoms with Crippen molar-refractivity contribution in [2.45, 2.75) is 32.6 Å². The highest BCUT2D eigenvalue weighted by atomic mass is 79.9. The summed E-state index contributed by atoms with van der Waals surface area (Å²) in [6.45, 7) is 6.53. The molecule has 0 amide bonds. The molecule has 1 atom stereocenters. The van der Waals surface area contributed by atoms with E-state index in [1.54, 1.807) is 0 Å². The van der Waals surface area contributed by atoms with Crippen LogP contribution in [0.3, 0.4) is 0 Å². The number of nitrogens with one attached hydrogen (secondary N) is 1. The Balaban J connectivity index is 2.04. The van der Waals surface area contributed by atoms with Gasteiger partial charge in [-0.1, -0.05) is 12.1 Å². The molecular weight excluding hydrogens is 314 g/mol. The molecule has 0 radical (unpaired) electrons. The van der Waals surface area contributed by atoms with E-state index < -0.39 is 0 Å². The van der Waals surface area contributed by atoms with E-state index in [0.29, 0.717) is 5.92 Å². The molecule has 0 bridgehead atoms. The first kappa shape index (κ1) is 13.8. The predicted octanol–water partition coefficient (Wildman–Crippen LogP) is 3.72. The molecule has 1 aromatic carbocycles. The number of hydrogen-bond donors (Lipinski definition) is 1. The average molecular weight is 334 g/mol. The first-order chi connectivity index (χ1) is 9.68. The van der Waals surface area contributed by atoms with Gasteiger partial charge >= 0.3 is 0 Å². The maximum absolute atomic E-state index is 4.78. The molecule has 1 fully saturated rings. The summed E-state index contributed by atoms with van der Waals surface area (Å²) in [5, 5.41) is 8.28. The molecule has 106 valence electrons. The summed E-state index contributed by atoms with van der Waals surface area (Å²) in [6, 6.07) is 8.25. The van der Waals surface area contributed by atoms with Gasteiger partial charge in [-0.15, -0.1) is 0 Å². The van der Waals surface area contributed by atoms with Crippen molar-refractivity contribution < 1.29 is 0 Å². The number of aromatic nitrogens is 2. The van der Waals surface area contributed by atoms with Crippen molar-refractivity contribution >= 4 is 15.9 Å². The Bertz CT molecular complexity index is 612. The first-order valence-corrected chi connectivity index (χ1v) is 7.99. The maximum Gasteiger partial charge on any atom is 0.0790 e. The van der Waals surface area contributed by atoms with Crippen molar-refractivity contribution in [2.75, 3.05) is 13.1 Å². The number of benzene rings is 1. The van der Waals surface area contributed by atoms with Gasteiger partial charge < -0.3 is 5.32 Å². The molecular formula is C16H20BrN3. The van der Waals surface area contributed by atoms with E-state index in [2.05, 4.69) is 58.0 Å². The average Bonchev–Trinajstić information content (AvgIpc) is 2.75. The fourth-order valence-electron chi connectivity index (χ4n) is 3.20. The molecule has 1 aliphatic rings. The lowest BCUT2D eigenvalue weighted by atomic mass is 9.90. The zero-order valence-electron chi connectivity index (χ0n) is 12.0. The number of aryl methyl sites for hydroxylation is 1. The van der Waals surface area contributed by atoms with Crippen LogP contribution < -0.4 is 5.32 Å². The van der Waals surface area contributed by atoms with Gasteiger partial charge in [0.05, 0.1) is 11.4 Å². The van der Waals surface area contributed by atoms with Crippen LogP contribution in [0.4, 0.5) is 0 Å². The van der Waals surface area contributed by atoms with Gasteiger partial charge in [-0.05, 0) is 61.3 Å². The molecule has 1 saturated heterocycles. The summed E-state index contributed by atoms with van der Waals surface area (Å²) >= 11 is 3.62. The van der Waals surface area contributed by atoms with Gasteiger partial charge in [-0.25, -0.2) is 4.68 Å². The van der Waals surface area contributed by atoms with Crippen molar-refractivity contribution in [1.82, 2.24) is 15.1 Å². The van der Waals surface area contributed by atoms with Gasteiger partial charge in [-0.3, -0.25) is 0 Å². The van der Waals surface area contributed by atoms with E-state index in [0.717, 1.165) is 28.9 Å². The molecule has 3 nitrogen and oxygen atoms in total. The number of rotatable bonds is 2. The van der Waals surface area contributed by atoms with E-state index in [9.17, 15) is 0 Å². The summed E-state index contributed by atoms with van der Waals surface area (Å²) in [7, 11) is 0. The summed E-state index contributed by atoms with van der Waals surface area (Å²) in [5.74, 6) is 0.597. The second-order valence-electron chi connectivity index (χ2n) is 5.49. The second-order valence-corrected chi connectivity index (χ2v) is 6.35. The Morgan fingerprint density at radius 3 is 2.80 bits per heavy atom. The minimum Gasteiger partial charge on any atom is -0.316 e. The number of para-hydroxylation sites is 1. The normalized spacial score (nSPS) is 19.2. The molecule has 0 saturated carbocycles. The predicted molar refractivity (Wildman–Crippen MR) is 85.6 cm³/mol. The van der Waals surface area contributed by atoms with Crippen LogP contribution in [0.15, 0.2) is 28.7 Å². The highest BCUT2D eigenvalue weighted by Crippen LogP contribution is 2.31. The molecule has 1 aliphatic heterocycles. The van der Waals surface area contributed by atoms with Crippen LogP contribution >= 0.6 is 15.9 Å². The van der Waals surface area contributed by atoms with E-state index >= 15 is 0 Å². The van der Waals surface area contributed by atoms with Gasteiger partial charge in [0.25, 0.3) is 0 Å². The molecule has 4 heteroatoms. The summed E-state index contributed by atoms with van der Waals surface area (Å²) in [6.07, 6.45) is 2.51. The quantitative estimate of drug-likeness (QED) is 0.907. The second kappa shape index (κ2) is 5.70. The fraction of sp³-hybridized carbons (Fsp3) is 0.438. The van der Waals surface area contributed by atoms with Crippen LogP contribution in [-0.2, 0) is 0 Å². The molecule has 2 heterocycles. The Morgan fingerprint density at radius 1 is 1.30 bits per heavy atom. The Labute approximate surface area is 128 Å². The van der Waals surface area contributed by atoms with Gasteiger partial charge in [-0.2, -0.15) is 5.10 Å². The van der Waals surface area contributed by atoms with E-state index in [1.807, 2.05) is 6.07 Å². The molecule has 3 rings (SSSR count). The van der Waals surface area contributed by atoms with Crippen LogP contribution in [-0.4, -0.2) is 22.9 Å². The molecule has 1 aromatic heterocycles. The zero-order valence-corrected chi connectivity index (χ0v) is 13.6. The monoisotopic (exact) mass is 333 g/mol. The lowest BCUT2D eigenvalue weighted by molar-refractivity contribution is 0.459. The molecule has 1 unspecified atom stereocenters. The van der Waals surface area contributed by atoms with E-state index in [-0.39, 0.29) is 0 Å². The zero-order chi connectivity index (χ0) is 14.1. The Hall–Kier alpha value is -1.13. The highest BCUT2D eigenvalue weighted by Gasteiger charge is 2.23. The Morgan fingerprint density at radius 2 is 2.10 bits per heavy atom. The van der Waals surface area contributed by atoms with Crippen molar-refractivity contribution in [3.05, 3.63) is 45.7 Å². The van der Waals surface area contributed by atoms with Crippen molar-refractivity contribution in [3.63, 3.8) is 0 Å². The minimum atomic E-state index is 0.597. The standard InChI is InChI=1S/C16H20BrN3/c1-11-16(13-6-5-9-18-10-13)12(2)20(19-11)15-8-4-3-7-14(15)17/h3-4,7-8,13,18H,5-6,9-10H2,1-2H3. The minimum absolute atomic E-state index is 0.597. The van der Waals surface area contributed by atoms with E-state index in [1.165, 1.54) is 24.1 Å². The first-order valence-electron chi connectivity index (χ1n) is 7.20.